The second-order valence-electron chi connectivity index (χ2n) is 4.26. The number of ether oxygens (including phenoxy) is 3. The molecule has 2 atom stereocenters. The van der Waals surface area contributed by atoms with Crippen LogP contribution in [0.2, 0.25) is 0 Å². The van der Waals surface area contributed by atoms with Crippen LogP contribution in [0, 0.1) is 0 Å². The van der Waals surface area contributed by atoms with Crippen molar-refractivity contribution < 1.29 is 19.3 Å². The molecule has 1 fully saturated rings. The van der Waals surface area contributed by atoms with E-state index in [1.54, 1.807) is 20.3 Å². The van der Waals surface area contributed by atoms with Crippen molar-refractivity contribution in [2.24, 2.45) is 0 Å². The number of hydrogen-bond donors (Lipinski definition) is 1. The number of hydrogen-bond acceptors (Lipinski definition) is 4. The van der Waals surface area contributed by atoms with Gasteiger partial charge in [-0.05, 0) is 12.8 Å². The first-order valence-electron chi connectivity index (χ1n) is 5.79. The van der Waals surface area contributed by atoms with Crippen molar-refractivity contribution in [1.29, 1.82) is 0 Å². The van der Waals surface area contributed by atoms with Gasteiger partial charge in [0, 0.05) is 24.6 Å². The number of rotatable bonds is 4. The van der Waals surface area contributed by atoms with Crippen molar-refractivity contribution in [3.05, 3.63) is 18.2 Å². The Morgan fingerprint density at radius 3 is 2.06 bits per heavy atom. The van der Waals surface area contributed by atoms with Gasteiger partial charge in [0.05, 0.1) is 20.3 Å². The van der Waals surface area contributed by atoms with Gasteiger partial charge in [0.1, 0.15) is 23.4 Å². The molecular formula is C13H18O4. The predicted molar refractivity (Wildman–Crippen MR) is 63.8 cm³/mol. The van der Waals surface area contributed by atoms with Crippen LogP contribution in [0.5, 0.6) is 17.2 Å². The second-order valence-corrected chi connectivity index (χ2v) is 4.26. The Balaban J connectivity index is 2.09. The number of aliphatic hydroxyl groups excluding tert-OH is 1. The quantitative estimate of drug-likeness (QED) is 0.871. The SMILES string of the molecule is COc1cc(OC)cc(OC2CCC(O)C2)c1. The molecule has 0 aromatic heterocycles. The minimum absolute atomic E-state index is 0.0850. The van der Waals surface area contributed by atoms with Crippen LogP contribution < -0.4 is 14.2 Å². The molecule has 4 nitrogen and oxygen atoms in total. The average molecular weight is 238 g/mol. The molecule has 1 aromatic carbocycles. The van der Waals surface area contributed by atoms with Gasteiger partial charge in [-0.3, -0.25) is 0 Å². The maximum atomic E-state index is 9.45. The van der Waals surface area contributed by atoms with Crippen LogP contribution in [0.15, 0.2) is 18.2 Å². The van der Waals surface area contributed by atoms with Gasteiger partial charge in [-0.25, -0.2) is 0 Å². The molecule has 0 spiro atoms. The highest BCUT2D eigenvalue weighted by molar-refractivity contribution is 5.42. The Kier molecular flexibility index (Phi) is 3.74. The highest BCUT2D eigenvalue weighted by Crippen LogP contribution is 2.30. The monoisotopic (exact) mass is 238 g/mol. The number of aliphatic hydroxyl groups is 1. The van der Waals surface area contributed by atoms with E-state index in [-0.39, 0.29) is 12.2 Å². The summed E-state index contributed by atoms with van der Waals surface area (Å²) in [7, 11) is 3.22. The zero-order chi connectivity index (χ0) is 12.3. The van der Waals surface area contributed by atoms with Crippen LogP contribution in [0.4, 0.5) is 0 Å². The molecule has 0 aliphatic heterocycles. The lowest BCUT2D eigenvalue weighted by molar-refractivity contribution is 0.149. The Morgan fingerprint density at radius 2 is 1.59 bits per heavy atom. The molecule has 17 heavy (non-hydrogen) atoms. The van der Waals surface area contributed by atoms with Crippen molar-refractivity contribution in [2.75, 3.05) is 14.2 Å². The molecule has 1 N–H and O–H groups in total. The van der Waals surface area contributed by atoms with Crippen molar-refractivity contribution in [3.63, 3.8) is 0 Å². The third kappa shape index (κ3) is 3.03. The van der Waals surface area contributed by atoms with E-state index in [4.69, 9.17) is 14.2 Å². The van der Waals surface area contributed by atoms with E-state index in [2.05, 4.69) is 0 Å². The van der Waals surface area contributed by atoms with E-state index in [1.165, 1.54) is 0 Å². The molecule has 1 aliphatic rings. The third-order valence-electron chi connectivity index (χ3n) is 2.98. The third-order valence-corrected chi connectivity index (χ3v) is 2.98. The molecule has 2 rings (SSSR count). The van der Waals surface area contributed by atoms with Gasteiger partial charge in [0.25, 0.3) is 0 Å². The maximum Gasteiger partial charge on any atom is 0.127 e. The molecule has 0 bridgehead atoms. The smallest absolute Gasteiger partial charge is 0.127 e. The van der Waals surface area contributed by atoms with Crippen molar-refractivity contribution in [2.45, 2.75) is 31.5 Å². The Hall–Kier alpha value is -1.42. The lowest BCUT2D eigenvalue weighted by atomic mass is 10.2. The minimum atomic E-state index is -0.229. The number of benzene rings is 1. The second kappa shape index (κ2) is 5.27. The molecule has 0 radical (unpaired) electrons. The summed E-state index contributed by atoms with van der Waals surface area (Å²) in [6.07, 6.45) is 2.25. The standard InChI is InChI=1S/C13H18O4/c1-15-11-6-12(16-2)8-13(7-11)17-10-4-3-9(14)5-10/h6-10,14H,3-5H2,1-2H3. The molecule has 0 saturated heterocycles. The molecule has 4 heteroatoms. The van der Waals surface area contributed by atoms with Crippen LogP contribution >= 0.6 is 0 Å². The molecule has 2 unspecified atom stereocenters. The van der Waals surface area contributed by atoms with E-state index in [0.29, 0.717) is 17.9 Å². The molecule has 0 amide bonds. The van der Waals surface area contributed by atoms with Crippen molar-refractivity contribution in [3.8, 4) is 17.2 Å². The maximum absolute atomic E-state index is 9.45. The Bertz CT molecular complexity index is 355. The summed E-state index contributed by atoms with van der Waals surface area (Å²) in [4.78, 5) is 0. The van der Waals surface area contributed by atoms with E-state index in [1.807, 2.05) is 12.1 Å². The molecule has 94 valence electrons. The summed E-state index contributed by atoms with van der Waals surface area (Å²) in [6.45, 7) is 0. The molecule has 1 aromatic rings. The van der Waals surface area contributed by atoms with Gasteiger partial charge in [-0.15, -0.1) is 0 Å². The summed E-state index contributed by atoms with van der Waals surface area (Å²) in [5.74, 6) is 2.14. The summed E-state index contributed by atoms with van der Waals surface area (Å²) < 4.78 is 16.2. The lowest BCUT2D eigenvalue weighted by Crippen LogP contribution is -2.13. The number of methoxy groups -OCH3 is 2. The van der Waals surface area contributed by atoms with Crippen LogP contribution in [-0.2, 0) is 0 Å². The topological polar surface area (TPSA) is 47.9 Å². The molecule has 1 aliphatic carbocycles. The van der Waals surface area contributed by atoms with Gasteiger partial charge in [0.2, 0.25) is 0 Å². The summed E-state index contributed by atoms with van der Waals surface area (Å²) in [5, 5.41) is 9.45. The molecule has 0 heterocycles. The van der Waals surface area contributed by atoms with Crippen LogP contribution in [0.25, 0.3) is 0 Å². The fourth-order valence-corrected chi connectivity index (χ4v) is 2.07. The van der Waals surface area contributed by atoms with Gasteiger partial charge in [-0.1, -0.05) is 0 Å². The highest BCUT2D eigenvalue weighted by Gasteiger charge is 2.24. The zero-order valence-corrected chi connectivity index (χ0v) is 10.2. The van der Waals surface area contributed by atoms with E-state index >= 15 is 0 Å². The van der Waals surface area contributed by atoms with Crippen LogP contribution in [0.3, 0.4) is 0 Å². The fourth-order valence-electron chi connectivity index (χ4n) is 2.07. The van der Waals surface area contributed by atoms with Crippen molar-refractivity contribution in [1.82, 2.24) is 0 Å². The molecule has 1 saturated carbocycles. The van der Waals surface area contributed by atoms with Gasteiger partial charge < -0.3 is 19.3 Å². The van der Waals surface area contributed by atoms with Crippen LogP contribution in [0.1, 0.15) is 19.3 Å². The van der Waals surface area contributed by atoms with E-state index < -0.39 is 0 Å². The normalized spacial score (nSPS) is 23.5. The first-order valence-corrected chi connectivity index (χ1v) is 5.79. The lowest BCUT2D eigenvalue weighted by Gasteiger charge is -2.15. The average Bonchev–Trinajstić information content (AvgIpc) is 2.74. The van der Waals surface area contributed by atoms with E-state index in [0.717, 1.165) is 18.6 Å². The first-order chi connectivity index (χ1) is 8.21. The van der Waals surface area contributed by atoms with Gasteiger partial charge >= 0.3 is 0 Å². The Labute approximate surface area is 101 Å². The Morgan fingerprint density at radius 1 is 1.00 bits per heavy atom. The molecular weight excluding hydrogens is 220 g/mol. The minimum Gasteiger partial charge on any atom is -0.496 e. The fraction of sp³-hybridized carbons (Fsp3) is 0.538. The summed E-state index contributed by atoms with van der Waals surface area (Å²) in [5.41, 5.74) is 0. The predicted octanol–water partition coefficient (Wildman–Crippen LogP) is 2.00. The van der Waals surface area contributed by atoms with Crippen LogP contribution in [-0.4, -0.2) is 31.5 Å². The largest absolute Gasteiger partial charge is 0.496 e. The summed E-state index contributed by atoms with van der Waals surface area (Å²) >= 11 is 0. The van der Waals surface area contributed by atoms with Gasteiger partial charge in [-0.2, -0.15) is 0 Å². The first kappa shape index (κ1) is 12.0. The van der Waals surface area contributed by atoms with E-state index in [9.17, 15) is 5.11 Å². The summed E-state index contributed by atoms with van der Waals surface area (Å²) in [6, 6.07) is 5.46. The van der Waals surface area contributed by atoms with Gasteiger partial charge in [0.15, 0.2) is 0 Å². The zero-order valence-electron chi connectivity index (χ0n) is 10.2. The highest BCUT2D eigenvalue weighted by atomic mass is 16.5. The van der Waals surface area contributed by atoms with Crippen molar-refractivity contribution >= 4 is 0 Å².